The van der Waals surface area contributed by atoms with Crippen molar-refractivity contribution in [2.45, 2.75) is 18.4 Å². The third kappa shape index (κ3) is 4.53. The van der Waals surface area contributed by atoms with Gasteiger partial charge in [0.15, 0.2) is 9.84 Å². The minimum atomic E-state index is -3.30. The largest absolute Gasteiger partial charge is 0.508 e. The summed E-state index contributed by atoms with van der Waals surface area (Å²) < 4.78 is 45.1. The first-order valence-electron chi connectivity index (χ1n) is 9.92. The molecule has 1 N–H and O–H groups in total. The molecule has 0 radical (unpaired) electrons. The van der Waals surface area contributed by atoms with Crippen molar-refractivity contribution in [2.24, 2.45) is 0 Å². The fourth-order valence-corrected chi connectivity index (χ4v) is 4.15. The molecule has 3 aromatic carbocycles. The SMILES string of the molecule is Cc1c(COc2ccc(O)cc2)cc(-c2ccc(S(C)(=O)=O)cc2)n1-c1ccc(F)cc1. The van der Waals surface area contributed by atoms with Crippen LogP contribution in [0.4, 0.5) is 4.39 Å². The molecule has 164 valence electrons. The third-order valence-corrected chi connectivity index (χ3v) is 6.37. The van der Waals surface area contributed by atoms with E-state index in [4.69, 9.17) is 4.74 Å². The number of rotatable bonds is 6. The molecule has 0 aliphatic rings. The number of nitrogens with zero attached hydrogens (tertiary/aromatic N) is 1. The highest BCUT2D eigenvalue weighted by molar-refractivity contribution is 7.90. The van der Waals surface area contributed by atoms with Gasteiger partial charge in [-0.1, -0.05) is 12.1 Å². The number of hydrogen-bond acceptors (Lipinski definition) is 4. The van der Waals surface area contributed by atoms with Crippen molar-refractivity contribution in [3.63, 3.8) is 0 Å². The number of phenols is 1. The number of sulfone groups is 1. The van der Waals surface area contributed by atoms with Crippen LogP contribution in [0.3, 0.4) is 0 Å². The molecule has 0 saturated carbocycles. The molecule has 5 nitrogen and oxygen atoms in total. The summed E-state index contributed by atoms with van der Waals surface area (Å²) in [6.45, 7) is 2.24. The van der Waals surface area contributed by atoms with Crippen molar-refractivity contribution in [2.75, 3.05) is 6.26 Å². The van der Waals surface area contributed by atoms with Gasteiger partial charge in [-0.05, 0) is 79.2 Å². The van der Waals surface area contributed by atoms with E-state index in [1.807, 2.05) is 17.6 Å². The van der Waals surface area contributed by atoms with Crippen LogP contribution in [0, 0.1) is 12.7 Å². The van der Waals surface area contributed by atoms with E-state index >= 15 is 0 Å². The van der Waals surface area contributed by atoms with Crippen LogP contribution in [0.5, 0.6) is 11.5 Å². The summed E-state index contributed by atoms with van der Waals surface area (Å²) in [4.78, 5) is 0.244. The Labute approximate surface area is 186 Å². The van der Waals surface area contributed by atoms with Gasteiger partial charge in [-0.3, -0.25) is 0 Å². The number of benzene rings is 3. The van der Waals surface area contributed by atoms with E-state index in [1.165, 1.54) is 18.4 Å². The number of ether oxygens (including phenoxy) is 1. The molecule has 0 atom stereocenters. The van der Waals surface area contributed by atoms with Crippen molar-refractivity contribution >= 4 is 9.84 Å². The molecule has 4 rings (SSSR count). The summed E-state index contributed by atoms with van der Waals surface area (Å²) >= 11 is 0. The average Bonchev–Trinajstić information content (AvgIpc) is 3.10. The first-order chi connectivity index (χ1) is 15.2. The number of aromatic nitrogens is 1. The predicted octanol–water partition coefficient (Wildman–Crippen LogP) is 5.28. The molecule has 0 saturated heterocycles. The fraction of sp³-hybridized carbons (Fsp3) is 0.120. The lowest BCUT2D eigenvalue weighted by Gasteiger charge is -2.13. The quantitative estimate of drug-likeness (QED) is 0.433. The Bertz CT molecular complexity index is 1340. The number of phenolic OH excluding ortho intramolecular Hbond substituents is 1. The Balaban J connectivity index is 1.76. The van der Waals surface area contributed by atoms with E-state index in [0.717, 1.165) is 28.2 Å². The number of hydrogen-bond donors (Lipinski definition) is 1. The molecule has 0 unspecified atom stereocenters. The second-order valence-corrected chi connectivity index (χ2v) is 9.55. The first kappa shape index (κ1) is 21.6. The molecule has 4 aromatic rings. The molecule has 0 spiro atoms. The summed E-state index contributed by atoms with van der Waals surface area (Å²) in [5.41, 5.74) is 4.27. The minimum absolute atomic E-state index is 0.163. The molecule has 0 amide bonds. The summed E-state index contributed by atoms with van der Waals surface area (Å²) in [7, 11) is -3.30. The van der Waals surface area contributed by atoms with Gasteiger partial charge in [0, 0.05) is 23.2 Å². The second kappa shape index (κ2) is 8.51. The van der Waals surface area contributed by atoms with E-state index in [9.17, 15) is 17.9 Å². The second-order valence-electron chi connectivity index (χ2n) is 7.53. The van der Waals surface area contributed by atoms with Gasteiger partial charge >= 0.3 is 0 Å². The standard InChI is InChI=1S/C25H22FNO4S/c1-17-19(16-31-23-11-9-22(28)10-12-23)15-25(27(17)21-7-5-20(26)6-8-21)18-3-13-24(14-4-18)32(2,29)30/h3-15,28H,16H2,1-2H3. The summed E-state index contributed by atoms with van der Waals surface area (Å²) in [5.74, 6) is 0.458. The van der Waals surface area contributed by atoms with Gasteiger partial charge in [0.2, 0.25) is 0 Å². The summed E-state index contributed by atoms with van der Waals surface area (Å²) in [6.07, 6.45) is 1.17. The molecule has 0 fully saturated rings. The number of halogens is 1. The molecular formula is C25H22FNO4S. The van der Waals surface area contributed by atoms with Gasteiger partial charge < -0.3 is 14.4 Å². The van der Waals surface area contributed by atoms with Crippen LogP contribution >= 0.6 is 0 Å². The maximum absolute atomic E-state index is 13.5. The van der Waals surface area contributed by atoms with E-state index in [-0.39, 0.29) is 16.5 Å². The molecular weight excluding hydrogens is 429 g/mol. The Morgan fingerprint density at radius 2 is 1.56 bits per heavy atom. The lowest BCUT2D eigenvalue weighted by Crippen LogP contribution is -2.02. The van der Waals surface area contributed by atoms with Crippen LogP contribution in [-0.4, -0.2) is 24.3 Å². The minimum Gasteiger partial charge on any atom is -0.508 e. The summed E-state index contributed by atoms with van der Waals surface area (Å²) in [5, 5.41) is 9.44. The summed E-state index contributed by atoms with van der Waals surface area (Å²) in [6, 6.07) is 21.3. The van der Waals surface area contributed by atoms with Crippen molar-refractivity contribution in [1.82, 2.24) is 4.57 Å². The normalized spacial score (nSPS) is 11.5. The third-order valence-electron chi connectivity index (χ3n) is 5.25. The van der Waals surface area contributed by atoms with Gasteiger partial charge in [-0.15, -0.1) is 0 Å². The Morgan fingerprint density at radius 1 is 0.938 bits per heavy atom. The van der Waals surface area contributed by atoms with Crippen molar-refractivity contribution in [1.29, 1.82) is 0 Å². The van der Waals surface area contributed by atoms with E-state index in [2.05, 4.69) is 0 Å². The van der Waals surface area contributed by atoms with Crippen molar-refractivity contribution in [3.05, 3.63) is 95.9 Å². The highest BCUT2D eigenvalue weighted by Crippen LogP contribution is 2.31. The van der Waals surface area contributed by atoms with Crippen LogP contribution in [0.2, 0.25) is 0 Å². The Morgan fingerprint density at radius 3 is 2.16 bits per heavy atom. The topological polar surface area (TPSA) is 68.5 Å². The zero-order valence-corrected chi connectivity index (χ0v) is 18.4. The van der Waals surface area contributed by atoms with Crippen molar-refractivity contribution in [3.8, 4) is 28.4 Å². The molecule has 0 aliphatic carbocycles. The van der Waals surface area contributed by atoms with Gasteiger partial charge in [0.25, 0.3) is 0 Å². The maximum atomic E-state index is 13.5. The molecule has 7 heteroatoms. The Hall–Kier alpha value is -3.58. The van der Waals surface area contributed by atoms with Crippen LogP contribution in [-0.2, 0) is 16.4 Å². The highest BCUT2D eigenvalue weighted by Gasteiger charge is 2.17. The fourth-order valence-electron chi connectivity index (χ4n) is 3.52. The van der Waals surface area contributed by atoms with Crippen LogP contribution in [0.25, 0.3) is 16.9 Å². The van der Waals surface area contributed by atoms with Crippen LogP contribution < -0.4 is 4.74 Å². The van der Waals surface area contributed by atoms with Crippen molar-refractivity contribution < 1.29 is 22.7 Å². The van der Waals surface area contributed by atoms with Gasteiger partial charge in [-0.25, -0.2) is 12.8 Å². The lowest BCUT2D eigenvalue weighted by molar-refractivity contribution is 0.305. The van der Waals surface area contributed by atoms with E-state index in [1.54, 1.807) is 60.7 Å². The van der Waals surface area contributed by atoms with Crippen LogP contribution in [0.1, 0.15) is 11.3 Å². The maximum Gasteiger partial charge on any atom is 0.175 e. The molecule has 1 heterocycles. The average molecular weight is 452 g/mol. The monoisotopic (exact) mass is 451 g/mol. The van der Waals surface area contributed by atoms with Crippen LogP contribution in [0.15, 0.2) is 83.8 Å². The lowest BCUT2D eigenvalue weighted by atomic mass is 10.1. The Kier molecular flexibility index (Phi) is 5.76. The zero-order valence-electron chi connectivity index (χ0n) is 17.6. The first-order valence-corrected chi connectivity index (χ1v) is 11.8. The smallest absolute Gasteiger partial charge is 0.175 e. The van der Waals surface area contributed by atoms with Gasteiger partial charge in [-0.2, -0.15) is 0 Å². The molecule has 0 aliphatic heterocycles. The van der Waals surface area contributed by atoms with Gasteiger partial charge in [0.05, 0.1) is 10.6 Å². The van der Waals surface area contributed by atoms with E-state index in [0.29, 0.717) is 12.4 Å². The van der Waals surface area contributed by atoms with Gasteiger partial charge in [0.1, 0.15) is 23.9 Å². The molecule has 32 heavy (non-hydrogen) atoms. The number of aromatic hydroxyl groups is 1. The van der Waals surface area contributed by atoms with E-state index < -0.39 is 9.84 Å². The zero-order chi connectivity index (χ0) is 22.9. The predicted molar refractivity (Wildman–Crippen MR) is 121 cm³/mol. The molecule has 1 aromatic heterocycles. The highest BCUT2D eigenvalue weighted by atomic mass is 32.2. The molecule has 0 bridgehead atoms.